The number of hydrogen-bond acceptors (Lipinski definition) is 5. The number of para-hydroxylation sites is 1. The molecule has 0 aliphatic carbocycles. The number of aromatic nitrogens is 4. The van der Waals surface area contributed by atoms with Gasteiger partial charge in [-0.15, -0.1) is 10.2 Å². The van der Waals surface area contributed by atoms with Crippen LogP contribution in [0.3, 0.4) is 0 Å². The number of fused-ring (bicyclic) bond motifs is 3. The summed E-state index contributed by atoms with van der Waals surface area (Å²) in [5.41, 5.74) is 3.14. The number of carbonyl (C=O) groups is 1. The highest BCUT2D eigenvalue weighted by molar-refractivity contribution is 8.00. The van der Waals surface area contributed by atoms with Crippen molar-refractivity contribution in [3.8, 4) is 0 Å². The fourth-order valence-electron chi connectivity index (χ4n) is 2.70. The topological polar surface area (TPSA) is 83.6 Å². The molecular weight excluding hydrogens is 365 g/mol. The first-order valence-electron chi connectivity index (χ1n) is 8.40. The van der Waals surface area contributed by atoms with E-state index in [1.807, 2.05) is 24.3 Å². The molecule has 0 aliphatic heterocycles. The molecule has 136 valence electrons. The molecule has 0 radical (unpaired) electrons. The molecule has 0 unspecified atom stereocenters. The first-order valence-corrected chi connectivity index (χ1v) is 9.28. The molecule has 0 saturated carbocycles. The van der Waals surface area contributed by atoms with Gasteiger partial charge in [0.25, 0.3) is 0 Å². The number of halogens is 1. The lowest BCUT2D eigenvalue weighted by molar-refractivity contribution is -0.120. The quantitative estimate of drug-likeness (QED) is 0.518. The monoisotopic (exact) mass is 381 g/mol. The second-order valence-corrected chi connectivity index (χ2v) is 7.37. The normalized spacial score (nSPS) is 12.4. The van der Waals surface area contributed by atoms with Crippen molar-refractivity contribution in [3.05, 3.63) is 59.9 Å². The Bertz CT molecular complexity index is 1110. The van der Waals surface area contributed by atoms with Gasteiger partial charge in [-0.2, -0.15) is 0 Å². The minimum atomic E-state index is -0.394. The van der Waals surface area contributed by atoms with Crippen LogP contribution in [0.4, 0.5) is 4.39 Å². The number of H-pyrrole nitrogens is 1. The number of hydrogen-bond donors (Lipinski definition) is 2. The van der Waals surface area contributed by atoms with Crippen LogP contribution < -0.4 is 5.32 Å². The number of nitrogens with one attached hydrogen (secondary N) is 2. The zero-order valence-corrected chi connectivity index (χ0v) is 15.3. The third kappa shape index (κ3) is 3.75. The molecule has 1 amide bonds. The third-order valence-electron chi connectivity index (χ3n) is 4.13. The summed E-state index contributed by atoms with van der Waals surface area (Å²) in [4.78, 5) is 20.0. The van der Waals surface area contributed by atoms with E-state index in [9.17, 15) is 9.18 Å². The molecular formula is C19H16FN5OS. The van der Waals surface area contributed by atoms with Gasteiger partial charge in [0.2, 0.25) is 11.1 Å². The van der Waals surface area contributed by atoms with Crippen molar-refractivity contribution in [2.45, 2.75) is 23.9 Å². The average molecular weight is 381 g/mol. The molecule has 2 aromatic carbocycles. The molecule has 2 N–H and O–H groups in total. The molecule has 0 spiro atoms. The number of nitrogens with zero attached hydrogens (tertiary/aromatic N) is 3. The summed E-state index contributed by atoms with van der Waals surface area (Å²) in [6.45, 7) is 2.12. The van der Waals surface area contributed by atoms with Crippen molar-refractivity contribution in [1.82, 2.24) is 25.5 Å². The van der Waals surface area contributed by atoms with Crippen LogP contribution in [0.1, 0.15) is 12.5 Å². The van der Waals surface area contributed by atoms with Gasteiger partial charge in [-0.05, 0) is 30.7 Å². The van der Waals surface area contributed by atoms with E-state index in [2.05, 4.69) is 25.5 Å². The lowest BCUT2D eigenvalue weighted by atomic mass is 10.2. The van der Waals surface area contributed by atoms with Gasteiger partial charge >= 0.3 is 0 Å². The summed E-state index contributed by atoms with van der Waals surface area (Å²) in [5, 5.41) is 12.2. The van der Waals surface area contributed by atoms with Gasteiger partial charge < -0.3 is 10.3 Å². The summed E-state index contributed by atoms with van der Waals surface area (Å²) in [6, 6.07) is 13.8. The van der Waals surface area contributed by atoms with Crippen LogP contribution >= 0.6 is 11.8 Å². The smallest absolute Gasteiger partial charge is 0.233 e. The van der Waals surface area contributed by atoms with E-state index in [0.29, 0.717) is 22.9 Å². The first kappa shape index (κ1) is 17.4. The highest BCUT2D eigenvalue weighted by Crippen LogP contribution is 2.25. The van der Waals surface area contributed by atoms with E-state index in [0.717, 1.165) is 16.5 Å². The Hall–Kier alpha value is -3.00. The molecule has 4 rings (SSSR count). The van der Waals surface area contributed by atoms with Crippen molar-refractivity contribution in [1.29, 1.82) is 0 Å². The first-order chi connectivity index (χ1) is 13.1. The Morgan fingerprint density at radius 3 is 2.78 bits per heavy atom. The third-order valence-corrected chi connectivity index (χ3v) is 5.09. The van der Waals surface area contributed by atoms with E-state index in [4.69, 9.17) is 0 Å². The number of thioether (sulfide) groups is 1. The molecule has 2 aromatic heterocycles. The fraction of sp³-hybridized carbons (Fsp3) is 0.158. The lowest BCUT2D eigenvalue weighted by Crippen LogP contribution is -2.30. The van der Waals surface area contributed by atoms with Crippen molar-refractivity contribution < 1.29 is 9.18 Å². The number of aromatic amines is 1. The van der Waals surface area contributed by atoms with E-state index >= 15 is 0 Å². The standard InChI is InChI=1S/C19H16FN5OS/c1-11(18(26)21-10-12-6-8-13(20)9-7-12)27-19-23-17-16(24-25-19)14-4-2-3-5-15(14)22-17/h2-9,11H,10H2,1H3,(H,21,26)(H,22,23,25)/t11-/m0/s1. The van der Waals surface area contributed by atoms with Crippen LogP contribution in [0.5, 0.6) is 0 Å². The number of carbonyl (C=O) groups excluding carboxylic acids is 1. The molecule has 1 atom stereocenters. The summed E-state index contributed by atoms with van der Waals surface area (Å²) in [5.74, 6) is -0.448. The van der Waals surface area contributed by atoms with Crippen LogP contribution in [-0.2, 0) is 11.3 Å². The van der Waals surface area contributed by atoms with Gasteiger partial charge in [0.1, 0.15) is 11.3 Å². The molecule has 0 fully saturated rings. The molecule has 4 aromatic rings. The fourth-order valence-corrected chi connectivity index (χ4v) is 3.44. The molecule has 27 heavy (non-hydrogen) atoms. The maximum Gasteiger partial charge on any atom is 0.233 e. The average Bonchev–Trinajstić information content (AvgIpc) is 3.05. The van der Waals surface area contributed by atoms with E-state index < -0.39 is 5.25 Å². The SMILES string of the molecule is C[C@H](Sc1nnc2c(n1)[nH]c1ccccc12)C(=O)NCc1ccc(F)cc1. The second kappa shape index (κ2) is 7.32. The molecule has 6 nitrogen and oxygen atoms in total. The van der Waals surface area contributed by atoms with Crippen LogP contribution in [0, 0.1) is 5.82 Å². The van der Waals surface area contributed by atoms with Gasteiger partial charge in [-0.1, -0.05) is 42.1 Å². The van der Waals surface area contributed by atoms with E-state index in [-0.39, 0.29) is 11.7 Å². The van der Waals surface area contributed by atoms with E-state index in [1.54, 1.807) is 19.1 Å². The van der Waals surface area contributed by atoms with Crippen molar-refractivity contribution >= 4 is 39.7 Å². The summed E-state index contributed by atoms with van der Waals surface area (Å²) in [7, 11) is 0. The van der Waals surface area contributed by atoms with E-state index in [1.165, 1.54) is 23.9 Å². The Morgan fingerprint density at radius 2 is 1.96 bits per heavy atom. The van der Waals surface area contributed by atoms with Gasteiger partial charge in [-0.3, -0.25) is 4.79 Å². The van der Waals surface area contributed by atoms with Gasteiger partial charge in [0, 0.05) is 17.4 Å². The molecule has 2 heterocycles. The van der Waals surface area contributed by atoms with Gasteiger partial charge in [0.15, 0.2) is 5.65 Å². The van der Waals surface area contributed by atoms with Crippen LogP contribution in [0.25, 0.3) is 22.1 Å². The largest absolute Gasteiger partial charge is 0.351 e. The van der Waals surface area contributed by atoms with Gasteiger partial charge in [0.05, 0.1) is 5.25 Å². The summed E-state index contributed by atoms with van der Waals surface area (Å²) in [6.07, 6.45) is 0. The maximum absolute atomic E-state index is 12.9. The Kier molecular flexibility index (Phi) is 4.72. The minimum absolute atomic E-state index is 0.148. The van der Waals surface area contributed by atoms with Crippen molar-refractivity contribution in [2.24, 2.45) is 0 Å². The summed E-state index contributed by atoms with van der Waals surface area (Å²) < 4.78 is 12.9. The predicted molar refractivity (Wildman–Crippen MR) is 103 cm³/mol. The lowest BCUT2D eigenvalue weighted by Gasteiger charge is -2.10. The maximum atomic E-state index is 12.9. The Morgan fingerprint density at radius 1 is 1.19 bits per heavy atom. The van der Waals surface area contributed by atoms with Crippen LogP contribution in [-0.4, -0.2) is 31.3 Å². The highest BCUT2D eigenvalue weighted by Gasteiger charge is 2.17. The highest BCUT2D eigenvalue weighted by atomic mass is 32.2. The molecule has 0 saturated heterocycles. The molecule has 0 bridgehead atoms. The Balaban J connectivity index is 1.43. The van der Waals surface area contributed by atoms with Crippen molar-refractivity contribution in [3.63, 3.8) is 0 Å². The van der Waals surface area contributed by atoms with Crippen molar-refractivity contribution in [2.75, 3.05) is 0 Å². The number of benzene rings is 2. The number of amides is 1. The minimum Gasteiger partial charge on any atom is -0.351 e. The second-order valence-electron chi connectivity index (χ2n) is 6.07. The van der Waals surface area contributed by atoms with Crippen LogP contribution in [0.2, 0.25) is 0 Å². The number of rotatable bonds is 5. The molecule has 0 aliphatic rings. The Labute approximate surface area is 158 Å². The molecule has 8 heteroatoms. The predicted octanol–water partition coefficient (Wildman–Crippen LogP) is 3.44. The zero-order valence-electron chi connectivity index (χ0n) is 14.4. The summed E-state index contributed by atoms with van der Waals surface area (Å²) >= 11 is 1.24. The van der Waals surface area contributed by atoms with Crippen LogP contribution in [0.15, 0.2) is 53.7 Å². The van der Waals surface area contributed by atoms with Gasteiger partial charge in [-0.25, -0.2) is 9.37 Å². The zero-order chi connectivity index (χ0) is 18.8.